The fraction of sp³-hybridized carbons (Fsp3) is 0.450. The Morgan fingerprint density at radius 1 is 1.28 bits per heavy atom. The van der Waals surface area contributed by atoms with Gasteiger partial charge in [0.05, 0.1) is 7.11 Å². The lowest BCUT2D eigenvalue weighted by Crippen LogP contribution is -2.38. The molecule has 2 heterocycles. The number of carbonyl (C=O) groups is 1. The Bertz CT molecular complexity index is 691. The summed E-state index contributed by atoms with van der Waals surface area (Å²) in [6, 6.07) is 12.1. The molecular weight excluding hydrogens is 332 g/mol. The first kappa shape index (κ1) is 18.0. The zero-order chi connectivity index (χ0) is 17.6. The number of thiophene rings is 1. The number of methoxy groups -OCH3 is 1. The van der Waals surface area contributed by atoms with Crippen LogP contribution in [0.4, 0.5) is 0 Å². The first-order valence-corrected chi connectivity index (χ1v) is 9.71. The number of benzene rings is 1. The number of piperidine rings is 1. The topological polar surface area (TPSA) is 41.6 Å². The van der Waals surface area contributed by atoms with Crippen molar-refractivity contribution in [3.8, 4) is 16.2 Å². The van der Waals surface area contributed by atoms with Gasteiger partial charge in [-0.2, -0.15) is 0 Å². The molecule has 5 heteroatoms. The lowest BCUT2D eigenvalue weighted by Gasteiger charge is -2.31. The lowest BCUT2D eigenvalue weighted by atomic mass is 9.93. The van der Waals surface area contributed by atoms with E-state index in [1.54, 1.807) is 7.11 Å². The van der Waals surface area contributed by atoms with E-state index in [4.69, 9.17) is 4.74 Å². The molecule has 0 unspecified atom stereocenters. The second kappa shape index (κ2) is 8.50. The van der Waals surface area contributed by atoms with Crippen molar-refractivity contribution in [1.29, 1.82) is 0 Å². The minimum absolute atomic E-state index is 0.107. The van der Waals surface area contributed by atoms with Crippen molar-refractivity contribution < 1.29 is 9.53 Å². The molecule has 1 amide bonds. The van der Waals surface area contributed by atoms with Gasteiger partial charge < -0.3 is 15.0 Å². The van der Waals surface area contributed by atoms with Gasteiger partial charge in [0.1, 0.15) is 10.6 Å². The molecule has 25 heavy (non-hydrogen) atoms. The zero-order valence-corrected chi connectivity index (χ0v) is 15.8. The molecule has 0 spiro atoms. The molecule has 1 aliphatic heterocycles. The predicted octanol–water partition coefficient (Wildman–Crippen LogP) is 3.89. The van der Waals surface area contributed by atoms with Crippen LogP contribution in [0.3, 0.4) is 0 Å². The Balaban J connectivity index is 1.71. The van der Waals surface area contributed by atoms with Crippen LogP contribution in [0.5, 0.6) is 5.75 Å². The van der Waals surface area contributed by atoms with Crippen molar-refractivity contribution in [2.45, 2.75) is 19.3 Å². The van der Waals surface area contributed by atoms with E-state index in [0.29, 0.717) is 5.75 Å². The lowest BCUT2D eigenvalue weighted by molar-refractivity contribution is 0.0689. The van der Waals surface area contributed by atoms with Crippen molar-refractivity contribution in [1.82, 2.24) is 10.2 Å². The summed E-state index contributed by atoms with van der Waals surface area (Å²) in [5.74, 6) is 1.52. The van der Waals surface area contributed by atoms with Crippen molar-refractivity contribution in [2.24, 2.45) is 5.92 Å². The molecule has 2 aromatic rings. The smallest absolute Gasteiger partial charge is 0.267 e. The summed E-state index contributed by atoms with van der Waals surface area (Å²) >= 11 is 1.53. The van der Waals surface area contributed by atoms with Gasteiger partial charge >= 0.3 is 0 Å². The minimum Gasteiger partial charge on any atom is -0.495 e. The molecule has 1 saturated heterocycles. The largest absolute Gasteiger partial charge is 0.495 e. The van der Waals surface area contributed by atoms with E-state index in [1.165, 1.54) is 17.8 Å². The summed E-state index contributed by atoms with van der Waals surface area (Å²) in [4.78, 5) is 16.8. The SMILES string of the molecule is CNCCC1CCN(C(=O)c2sc(-c3ccccc3)cc2OC)CC1. The van der Waals surface area contributed by atoms with Crippen LogP contribution in [-0.4, -0.2) is 44.6 Å². The number of ether oxygens (including phenoxy) is 1. The minimum atomic E-state index is 0.107. The number of carbonyl (C=O) groups excluding carboxylic acids is 1. The Morgan fingerprint density at radius 2 is 2.00 bits per heavy atom. The molecule has 3 rings (SSSR count). The normalized spacial score (nSPS) is 15.4. The molecule has 134 valence electrons. The molecule has 1 aromatic carbocycles. The monoisotopic (exact) mass is 358 g/mol. The number of nitrogens with one attached hydrogen (secondary N) is 1. The molecule has 1 aliphatic rings. The van der Waals surface area contributed by atoms with Crippen molar-refractivity contribution in [2.75, 3.05) is 33.8 Å². The molecule has 1 aromatic heterocycles. The maximum atomic E-state index is 13.0. The highest BCUT2D eigenvalue weighted by Crippen LogP contribution is 2.37. The Labute approximate surface area is 153 Å². The number of rotatable bonds is 6. The van der Waals surface area contributed by atoms with Gasteiger partial charge in [0, 0.05) is 18.0 Å². The van der Waals surface area contributed by atoms with Gasteiger partial charge in [0.25, 0.3) is 5.91 Å². The highest BCUT2D eigenvalue weighted by atomic mass is 32.1. The Hall–Kier alpha value is -1.85. The van der Waals surface area contributed by atoms with Crippen LogP contribution < -0.4 is 10.1 Å². The highest BCUT2D eigenvalue weighted by molar-refractivity contribution is 7.17. The van der Waals surface area contributed by atoms with Crippen molar-refractivity contribution >= 4 is 17.2 Å². The van der Waals surface area contributed by atoms with Crippen LogP contribution in [0, 0.1) is 5.92 Å². The number of likely N-dealkylation sites (tertiary alicyclic amines) is 1. The fourth-order valence-electron chi connectivity index (χ4n) is 3.34. The number of amides is 1. The second-order valence-corrected chi connectivity index (χ2v) is 7.55. The van der Waals surface area contributed by atoms with E-state index in [0.717, 1.165) is 53.7 Å². The molecule has 1 N–H and O–H groups in total. The van der Waals surface area contributed by atoms with Crippen molar-refractivity contribution in [3.63, 3.8) is 0 Å². The predicted molar refractivity (Wildman–Crippen MR) is 103 cm³/mol. The quantitative estimate of drug-likeness (QED) is 0.852. The highest BCUT2D eigenvalue weighted by Gasteiger charge is 2.27. The van der Waals surface area contributed by atoms with E-state index in [-0.39, 0.29) is 5.91 Å². The van der Waals surface area contributed by atoms with Crippen LogP contribution in [0.25, 0.3) is 10.4 Å². The van der Waals surface area contributed by atoms with Gasteiger partial charge in [-0.1, -0.05) is 30.3 Å². The maximum Gasteiger partial charge on any atom is 0.267 e. The van der Waals surface area contributed by atoms with E-state index >= 15 is 0 Å². The van der Waals surface area contributed by atoms with Crippen molar-refractivity contribution in [3.05, 3.63) is 41.3 Å². The van der Waals surface area contributed by atoms with Crippen LogP contribution in [0.15, 0.2) is 36.4 Å². The molecule has 0 radical (unpaired) electrons. The van der Waals surface area contributed by atoms with E-state index in [1.807, 2.05) is 36.2 Å². The summed E-state index contributed by atoms with van der Waals surface area (Å²) in [5.41, 5.74) is 1.12. The van der Waals surface area contributed by atoms with Gasteiger partial charge in [-0.3, -0.25) is 4.79 Å². The summed E-state index contributed by atoms with van der Waals surface area (Å²) in [6.07, 6.45) is 3.37. The standard InChI is InChI=1S/C20H26N2O2S/c1-21-11-8-15-9-12-22(13-10-15)20(23)19-17(24-2)14-18(25-19)16-6-4-3-5-7-16/h3-7,14-15,21H,8-13H2,1-2H3. The average molecular weight is 359 g/mol. The van der Waals surface area contributed by atoms with Crippen LogP contribution >= 0.6 is 11.3 Å². The first-order valence-electron chi connectivity index (χ1n) is 8.90. The summed E-state index contributed by atoms with van der Waals surface area (Å²) in [6.45, 7) is 2.74. The summed E-state index contributed by atoms with van der Waals surface area (Å²) < 4.78 is 5.49. The van der Waals surface area contributed by atoms with E-state index in [9.17, 15) is 4.79 Å². The molecular formula is C20H26N2O2S. The van der Waals surface area contributed by atoms with Gasteiger partial charge in [0.15, 0.2) is 0 Å². The third kappa shape index (κ3) is 4.22. The van der Waals surface area contributed by atoms with Gasteiger partial charge in [-0.05, 0) is 50.4 Å². The van der Waals surface area contributed by atoms with Crippen LogP contribution in [0.2, 0.25) is 0 Å². The molecule has 0 aliphatic carbocycles. The van der Waals surface area contributed by atoms with E-state index in [2.05, 4.69) is 17.4 Å². The maximum absolute atomic E-state index is 13.0. The van der Waals surface area contributed by atoms with Gasteiger partial charge in [-0.15, -0.1) is 11.3 Å². The fourth-order valence-corrected chi connectivity index (χ4v) is 4.44. The number of hydrogen-bond acceptors (Lipinski definition) is 4. The van der Waals surface area contributed by atoms with Crippen LogP contribution in [0.1, 0.15) is 28.9 Å². The zero-order valence-electron chi connectivity index (χ0n) is 15.0. The molecule has 0 bridgehead atoms. The Kier molecular flexibility index (Phi) is 6.10. The number of hydrogen-bond donors (Lipinski definition) is 1. The average Bonchev–Trinajstić information content (AvgIpc) is 3.11. The van der Waals surface area contributed by atoms with Gasteiger partial charge in [-0.25, -0.2) is 0 Å². The molecule has 1 fully saturated rings. The molecule has 0 saturated carbocycles. The Morgan fingerprint density at radius 3 is 2.64 bits per heavy atom. The molecule has 4 nitrogen and oxygen atoms in total. The summed E-state index contributed by atoms with van der Waals surface area (Å²) in [7, 11) is 3.63. The van der Waals surface area contributed by atoms with Gasteiger partial charge in [0.2, 0.25) is 0 Å². The third-order valence-corrected chi connectivity index (χ3v) is 6.03. The third-order valence-electron chi connectivity index (χ3n) is 4.87. The van der Waals surface area contributed by atoms with Crippen LogP contribution in [-0.2, 0) is 0 Å². The number of nitrogens with zero attached hydrogens (tertiary/aromatic N) is 1. The first-order chi connectivity index (χ1) is 12.2. The summed E-state index contributed by atoms with van der Waals surface area (Å²) in [5, 5.41) is 3.21. The molecule has 0 atom stereocenters. The second-order valence-electron chi connectivity index (χ2n) is 6.50. The van der Waals surface area contributed by atoms with E-state index < -0.39 is 0 Å².